The first kappa shape index (κ1) is 17.8. The molecule has 0 aliphatic rings. The Morgan fingerprint density at radius 3 is 2.77 bits per heavy atom. The zero-order valence-electron chi connectivity index (χ0n) is 14.7. The van der Waals surface area contributed by atoms with Crippen molar-refractivity contribution in [3.05, 3.63) is 52.8 Å². The maximum Gasteiger partial charge on any atom is 0.317 e. The number of aromatic nitrogens is 2. The molecule has 8 heteroatoms. The largest absolute Gasteiger partial charge is 0.332 e. The lowest BCUT2D eigenvalue weighted by molar-refractivity contribution is 0.102. The van der Waals surface area contributed by atoms with Crippen LogP contribution in [0.1, 0.15) is 21.1 Å². The summed E-state index contributed by atoms with van der Waals surface area (Å²) in [6.45, 7) is 2.21. The lowest BCUT2D eigenvalue weighted by Crippen LogP contribution is -2.34. The number of rotatable bonds is 4. The Labute approximate surface area is 155 Å². The number of hydrogen-bond donors (Lipinski definition) is 2. The van der Waals surface area contributed by atoms with E-state index in [0.717, 1.165) is 15.2 Å². The van der Waals surface area contributed by atoms with Crippen molar-refractivity contribution in [2.24, 2.45) is 0 Å². The summed E-state index contributed by atoms with van der Waals surface area (Å²) in [6.07, 6.45) is 1.56. The second kappa shape index (κ2) is 7.49. The van der Waals surface area contributed by atoms with Crippen molar-refractivity contribution in [1.29, 1.82) is 0 Å². The van der Waals surface area contributed by atoms with Gasteiger partial charge in [0.1, 0.15) is 0 Å². The molecule has 0 atom stereocenters. The Morgan fingerprint density at radius 2 is 2.00 bits per heavy atom. The molecule has 0 bridgehead atoms. The highest BCUT2D eigenvalue weighted by Crippen LogP contribution is 2.25. The monoisotopic (exact) mass is 369 g/mol. The maximum absolute atomic E-state index is 12.5. The van der Waals surface area contributed by atoms with Crippen LogP contribution in [0, 0.1) is 6.92 Å². The van der Waals surface area contributed by atoms with E-state index >= 15 is 0 Å². The molecule has 2 aromatic heterocycles. The summed E-state index contributed by atoms with van der Waals surface area (Å²) in [4.78, 5) is 34.1. The molecule has 0 saturated heterocycles. The summed E-state index contributed by atoms with van der Waals surface area (Å²) in [6, 6.07) is 8.73. The van der Waals surface area contributed by atoms with Gasteiger partial charge in [-0.2, -0.15) is 0 Å². The van der Waals surface area contributed by atoms with Crippen LogP contribution in [-0.4, -0.2) is 40.9 Å². The molecule has 0 spiro atoms. The van der Waals surface area contributed by atoms with Crippen molar-refractivity contribution in [2.45, 2.75) is 13.5 Å². The van der Waals surface area contributed by atoms with E-state index in [1.165, 1.54) is 4.90 Å². The molecule has 134 valence electrons. The number of thiazole rings is 1. The molecule has 26 heavy (non-hydrogen) atoms. The van der Waals surface area contributed by atoms with Gasteiger partial charge in [-0.05, 0) is 37.3 Å². The molecule has 0 unspecified atom stereocenters. The Balaban J connectivity index is 1.70. The molecule has 2 N–H and O–H groups in total. The van der Waals surface area contributed by atoms with E-state index in [-0.39, 0.29) is 18.5 Å². The van der Waals surface area contributed by atoms with Crippen molar-refractivity contribution in [2.75, 3.05) is 19.4 Å². The predicted molar refractivity (Wildman–Crippen MR) is 102 cm³/mol. The van der Waals surface area contributed by atoms with E-state index in [1.54, 1.807) is 43.8 Å². The zero-order chi connectivity index (χ0) is 18.7. The maximum atomic E-state index is 12.5. The van der Waals surface area contributed by atoms with Crippen LogP contribution in [0.25, 0.3) is 10.2 Å². The second-order valence-electron chi connectivity index (χ2n) is 5.96. The van der Waals surface area contributed by atoms with Gasteiger partial charge >= 0.3 is 6.03 Å². The van der Waals surface area contributed by atoms with Crippen LogP contribution in [0.2, 0.25) is 0 Å². The molecule has 0 saturated carbocycles. The van der Waals surface area contributed by atoms with Gasteiger partial charge in [0.2, 0.25) is 0 Å². The summed E-state index contributed by atoms with van der Waals surface area (Å²) < 4.78 is 1.03. The van der Waals surface area contributed by atoms with Crippen LogP contribution < -0.4 is 10.6 Å². The third-order valence-corrected chi connectivity index (χ3v) is 4.59. The number of hydrogen-bond acceptors (Lipinski definition) is 5. The zero-order valence-corrected chi connectivity index (χ0v) is 15.6. The van der Waals surface area contributed by atoms with Crippen LogP contribution in [-0.2, 0) is 6.54 Å². The predicted octanol–water partition coefficient (Wildman–Crippen LogP) is 3.02. The summed E-state index contributed by atoms with van der Waals surface area (Å²) >= 11 is 1.59. The Kier molecular flexibility index (Phi) is 5.13. The smallest absolute Gasteiger partial charge is 0.317 e. The minimum absolute atomic E-state index is 0.213. The number of nitrogens with one attached hydrogen (secondary N) is 2. The molecule has 2 heterocycles. The number of carbonyl (C=O) groups excluding carboxylic acids is 2. The normalized spacial score (nSPS) is 10.6. The summed E-state index contributed by atoms with van der Waals surface area (Å²) in [7, 11) is 3.32. The van der Waals surface area contributed by atoms with Gasteiger partial charge in [0, 0.05) is 31.5 Å². The molecule has 0 aliphatic heterocycles. The highest BCUT2D eigenvalue weighted by Gasteiger charge is 2.10. The van der Waals surface area contributed by atoms with Gasteiger partial charge in [0.05, 0.1) is 27.5 Å². The minimum atomic E-state index is -0.229. The lowest BCUT2D eigenvalue weighted by atomic mass is 10.2. The molecule has 7 nitrogen and oxygen atoms in total. The molecular formula is C18H19N5O2S. The van der Waals surface area contributed by atoms with E-state index in [4.69, 9.17) is 0 Å². The van der Waals surface area contributed by atoms with Crippen LogP contribution in [0.5, 0.6) is 0 Å². The first-order valence-electron chi connectivity index (χ1n) is 8.01. The average Bonchev–Trinajstić information content (AvgIpc) is 2.99. The number of pyridine rings is 1. The van der Waals surface area contributed by atoms with Crippen molar-refractivity contribution in [3.63, 3.8) is 0 Å². The fourth-order valence-electron chi connectivity index (χ4n) is 2.36. The third kappa shape index (κ3) is 4.15. The van der Waals surface area contributed by atoms with Gasteiger partial charge in [-0.15, -0.1) is 11.3 Å². The van der Waals surface area contributed by atoms with Crippen molar-refractivity contribution in [1.82, 2.24) is 20.2 Å². The molecule has 0 aliphatic carbocycles. The van der Waals surface area contributed by atoms with Crippen molar-refractivity contribution >= 4 is 39.2 Å². The fourth-order valence-corrected chi connectivity index (χ4v) is 3.23. The Morgan fingerprint density at radius 1 is 1.19 bits per heavy atom. The minimum Gasteiger partial charge on any atom is -0.332 e. The molecule has 3 aromatic rings. The highest BCUT2D eigenvalue weighted by atomic mass is 32.1. The lowest BCUT2D eigenvalue weighted by Gasteiger charge is -2.12. The van der Waals surface area contributed by atoms with Crippen LogP contribution >= 0.6 is 11.3 Å². The first-order valence-corrected chi connectivity index (χ1v) is 8.82. The van der Waals surface area contributed by atoms with Gasteiger partial charge in [0.15, 0.2) is 0 Å². The SMILES string of the molecule is Cc1nc2ccc(NC(=O)c3ccnc(CNC(=O)N(C)C)c3)cc2s1. The Bertz CT molecular complexity index is 967. The van der Waals surface area contributed by atoms with Gasteiger partial charge in [-0.3, -0.25) is 9.78 Å². The molecule has 1 aromatic carbocycles. The number of fused-ring (bicyclic) bond motifs is 1. The molecular weight excluding hydrogens is 350 g/mol. The second-order valence-corrected chi connectivity index (χ2v) is 7.19. The van der Waals surface area contributed by atoms with Gasteiger partial charge in [-0.25, -0.2) is 9.78 Å². The number of carbonyl (C=O) groups is 2. The number of amides is 3. The highest BCUT2D eigenvalue weighted by molar-refractivity contribution is 7.18. The van der Waals surface area contributed by atoms with E-state index in [9.17, 15) is 9.59 Å². The van der Waals surface area contributed by atoms with Crippen LogP contribution in [0.3, 0.4) is 0 Å². The first-order chi connectivity index (χ1) is 12.4. The van der Waals surface area contributed by atoms with Gasteiger partial charge < -0.3 is 15.5 Å². The molecule has 0 fully saturated rings. The quantitative estimate of drug-likeness (QED) is 0.740. The summed E-state index contributed by atoms with van der Waals surface area (Å²) in [5.41, 5.74) is 2.73. The topological polar surface area (TPSA) is 87.2 Å². The van der Waals surface area contributed by atoms with E-state index in [0.29, 0.717) is 16.9 Å². The number of aryl methyl sites for hydroxylation is 1. The van der Waals surface area contributed by atoms with E-state index in [1.807, 2.05) is 25.1 Å². The molecule has 3 rings (SSSR count). The van der Waals surface area contributed by atoms with Gasteiger partial charge in [0.25, 0.3) is 5.91 Å². The van der Waals surface area contributed by atoms with Gasteiger partial charge in [-0.1, -0.05) is 0 Å². The summed E-state index contributed by atoms with van der Waals surface area (Å²) in [5, 5.41) is 6.60. The van der Waals surface area contributed by atoms with Crippen molar-refractivity contribution in [3.8, 4) is 0 Å². The average molecular weight is 369 g/mol. The number of urea groups is 1. The van der Waals surface area contributed by atoms with Crippen LogP contribution in [0.15, 0.2) is 36.5 Å². The standard InChI is InChI=1S/C18H19N5O2S/c1-11-21-15-5-4-13(9-16(15)26-11)22-17(24)12-6-7-19-14(8-12)10-20-18(25)23(2)3/h4-9H,10H2,1-3H3,(H,20,25)(H,22,24). The number of nitrogens with zero attached hydrogens (tertiary/aromatic N) is 3. The number of anilines is 1. The Hall–Kier alpha value is -3.00. The van der Waals surface area contributed by atoms with E-state index in [2.05, 4.69) is 20.6 Å². The van der Waals surface area contributed by atoms with Crippen molar-refractivity contribution < 1.29 is 9.59 Å². The molecule has 0 radical (unpaired) electrons. The summed E-state index contributed by atoms with van der Waals surface area (Å²) in [5.74, 6) is -0.229. The third-order valence-electron chi connectivity index (χ3n) is 3.66. The van der Waals surface area contributed by atoms with E-state index < -0.39 is 0 Å². The fraction of sp³-hybridized carbons (Fsp3) is 0.222. The molecule has 3 amide bonds. The van der Waals surface area contributed by atoms with Crippen LogP contribution in [0.4, 0.5) is 10.5 Å². The number of benzene rings is 1.